The van der Waals surface area contributed by atoms with Crippen molar-refractivity contribution in [1.29, 1.82) is 0 Å². The standard InChI is InChI=1S/C13H12FN3O3S/c14-9-2-1-3-10(6-9)17-13(18)8-21(19,20)12-4-5-16-7-11(12)15/h1-7H,8,15H2,(H,17,18). The molecular weight excluding hydrogens is 297 g/mol. The Kier molecular flexibility index (Phi) is 4.18. The van der Waals surface area contributed by atoms with Crippen molar-refractivity contribution in [3.8, 4) is 0 Å². The maximum atomic E-state index is 13.0. The summed E-state index contributed by atoms with van der Waals surface area (Å²) in [6.45, 7) is 0. The third-order valence-electron chi connectivity index (χ3n) is 2.57. The molecular formula is C13H12FN3O3S. The molecule has 0 aliphatic rings. The first-order chi connectivity index (χ1) is 9.88. The fourth-order valence-corrected chi connectivity index (χ4v) is 2.94. The van der Waals surface area contributed by atoms with Gasteiger partial charge in [0.25, 0.3) is 0 Å². The molecule has 1 heterocycles. The summed E-state index contributed by atoms with van der Waals surface area (Å²) in [5, 5.41) is 2.31. The summed E-state index contributed by atoms with van der Waals surface area (Å²) < 4.78 is 37.1. The van der Waals surface area contributed by atoms with E-state index in [0.29, 0.717) is 0 Å². The van der Waals surface area contributed by atoms with E-state index in [4.69, 9.17) is 5.73 Å². The summed E-state index contributed by atoms with van der Waals surface area (Å²) in [5.41, 5.74) is 5.68. The molecule has 2 aromatic rings. The molecule has 21 heavy (non-hydrogen) atoms. The zero-order valence-electron chi connectivity index (χ0n) is 10.8. The predicted molar refractivity (Wildman–Crippen MR) is 75.7 cm³/mol. The summed E-state index contributed by atoms with van der Waals surface area (Å²) in [5.74, 6) is -2.11. The highest BCUT2D eigenvalue weighted by molar-refractivity contribution is 7.92. The SMILES string of the molecule is Nc1cnccc1S(=O)(=O)CC(=O)Nc1cccc(F)c1. The van der Waals surface area contributed by atoms with Crippen LogP contribution >= 0.6 is 0 Å². The smallest absolute Gasteiger partial charge is 0.239 e. The maximum absolute atomic E-state index is 13.0. The van der Waals surface area contributed by atoms with Gasteiger partial charge in [0.05, 0.1) is 16.8 Å². The molecule has 110 valence electrons. The number of nitrogens with two attached hydrogens (primary N) is 1. The Morgan fingerprint density at radius 1 is 1.33 bits per heavy atom. The fourth-order valence-electron chi connectivity index (χ4n) is 1.69. The zero-order chi connectivity index (χ0) is 15.5. The van der Waals surface area contributed by atoms with Crippen LogP contribution in [0.5, 0.6) is 0 Å². The van der Waals surface area contributed by atoms with Crippen LogP contribution in [0, 0.1) is 5.82 Å². The van der Waals surface area contributed by atoms with E-state index in [1.54, 1.807) is 0 Å². The molecule has 1 aromatic carbocycles. The molecule has 0 spiro atoms. The Bertz CT molecular complexity index is 778. The van der Waals surface area contributed by atoms with Gasteiger partial charge in [-0.1, -0.05) is 6.07 Å². The van der Waals surface area contributed by atoms with E-state index in [1.165, 1.54) is 36.7 Å². The van der Waals surface area contributed by atoms with E-state index in [-0.39, 0.29) is 16.3 Å². The average Bonchev–Trinajstić information content (AvgIpc) is 2.38. The van der Waals surface area contributed by atoms with Gasteiger partial charge in [0.1, 0.15) is 11.6 Å². The molecule has 0 radical (unpaired) electrons. The van der Waals surface area contributed by atoms with Crippen LogP contribution in [0.25, 0.3) is 0 Å². The molecule has 0 saturated carbocycles. The second-order valence-electron chi connectivity index (χ2n) is 4.23. The Balaban J connectivity index is 2.14. The molecule has 3 N–H and O–H groups in total. The minimum atomic E-state index is -3.89. The monoisotopic (exact) mass is 309 g/mol. The molecule has 0 fully saturated rings. The summed E-state index contributed by atoms with van der Waals surface area (Å²) in [6, 6.07) is 6.38. The van der Waals surface area contributed by atoms with Crippen molar-refractivity contribution in [3.05, 3.63) is 48.5 Å². The predicted octanol–water partition coefficient (Wildman–Crippen LogP) is 1.22. The molecule has 1 aromatic heterocycles. The number of nitrogen functional groups attached to an aromatic ring is 1. The lowest BCUT2D eigenvalue weighted by Gasteiger charge is -2.08. The fraction of sp³-hybridized carbons (Fsp3) is 0.0769. The van der Waals surface area contributed by atoms with Gasteiger partial charge >= 0.3 is 0 Å². The molecule has 0 unspecified atom stereocenters. The van der Waals surface area contributed by atoms with Crippen molar-refractivity contribution < 1.29 is 17.6 Å². The number of halogens is 1. The molecule has 2 rings (SSSR count). The van der Waals surface area contributed by atoms with Gasteiger partial charge in [-0.25, -0.2) is 12.8 Å². The van der Waals surface area contributed by atoms with Crippen molar-refractivity contribution in [3.63, 3.8) is 0 Å². The number of hydrogen-bond acceptors (Lipinski definition) is 5. The summed E-state index contributed by atoms with van der Waals surface area (Å²) in [6.07, 6.45) is 2.46. The third kappa shape index (κ3) is 3.76. The van der Waals surface area contributed by atoms with E-state index in [2.05, 4.69) is 10.3 Å². The van der Waals surface area contributed by atoms with Crippen molar-refractivity contribution in [2.24, 2.45) is 0 Å². The topological polar surface area (TPSA) is 102 Å². The first-order valence-electron chi connectivity index (χ1n) is 5.86. The minimum Gasteiger partial charge on any atom is -0.396 e. The van der Waals surface area contributed by atoms with E-state index < -0.39 is 27.3 Å². The van der Waals surface area contributed by atoms with Crippen LogP contribution in [0.4, 0.5) is 15.8 Å². The van der Waals surface area contributed by atoms with E-state index in [9.17, 15) is 17.6 Å². The van der Waals surface area contributed by atoms with Crippen molar-refractivity contribution >= 4 is 27.1 Å². The van der Waals surface area contributed by atoms with Crippen LogP contribution in [0.2, 0.25) is 0 Å². The molecule has 0 aliphatic carbocycles. The van der Waals surface area contributed by atoms with Gasteiger partial charge in [0.15, 0.2) is 9.84 Å². The van der Waals surface area contributed by atoms with Crippen LogP contribution in [0.3, 0.4) is 0 Å². The van der Waals surface area contributed by atoms with Gasteiger partial charge in [-0.3, -0.25) is 9.78 Å². The number of carbonyl (C=O) groups excluding carboxylic acids is 1. The van der Waals surface area contributed by atoms with Crippen molar-refractivity contribution in [2.45, 2.75) is 4.90 Å². The van der Waals surface area contributed by atoms with Crippen LogP contribution in [-0.2, 0) is 14.6 Å². The molecule has 1 amide bonds. The number of benzene rings is 1. The number of nitrogens with zero attached hydrogens (tertiary/aromatic N) is 1. The Hall–Kier alpha value is -2.48. The number of sulfone groups is 1. The first-order valence-corrected chi connectivity index (χ1v) is 7.51. The van der Waals surface area contributed by atoms with Gasteiger partial charge in [-0.2, -0.15) is 0 Å². The third-order valence-corrected chi connectivity index (χ3v) is 4.26. The van der Waals surface area contributed by atoms with Gasteiger partial charge in [-0.05, 0) is 24.3 Å². The highest BCUT2D eigenvalue weighted by Crippen LogP contribution is 2.18. The lowest BCUT2D eigenvalue weighted by molar-refractivity contribution is -0.113. The summed E-state index contributed by atoms with van der Waals surface area (Å²) in [4.78, 5) is 15.3. The molecule has 0 aliphatic heterocycles. The van der Waals surface area contributed by atoms with E-state index in [0.717, 1.165) is 6.07 Å². The molecule has 0 bridgehead atoms. The average molecular weight is 309 g/mol. The van der Waals surface area contributed by atoms with Crippen molar-refractivity contribution in [2.75, 3.05) is 16.8 Å². The normalized spacial score (nSPS) is 11.1. The van der Waals surface area contributed by atoms with Crippen LogP contribution in [0.15, 0.2) is 47.6 Å². The van der Waals surface area contributed by atoms with Crippen LogP contribution < -0.4 is 11.1 Å². The summed E-state index contributed by atoms with van der Waals surface area (Å²) in [7, 11) is -3.89. The quantitative estimate of drug-likeness (QED) is 0.884. The second kappa shape index (κ2) is 5.88. The van der Waals surface area contributed by atoms with Gasteiger partial charge < -0.3 is 11.1 Å². The number of carbonyl (C=O) groups is 1. The van der Waals surface area contributed by atoms with E-state index in [1.807, 2.05) is 0 Å². The largest absolute Gasteiger partial charge is 0.396 e. The number of amides is 1. The number of aromatic nitrogens is 1. The van der Waals surface area contributed by atoms with E-state index >= 15 is 0 Å². The molecule has 6 nitrogen and oxygen atoms in total. The number of hydrogen-bond donors (Lipinski definition) is 2. The summed E-state index contributed by atoms with van der Waals surface area (Å²) >= 11 is 0. The van der Waals surface area contributed by atoms with Gasteiger partial charge in [-0.15, -0.1) is 0 Å². The van der Waals surface area contributed by atoms with Gasteiger partial charge in [0, 0.05) is 11.9 Å². The number of anilines is 2. The minimum absolute atomic E-state index is 0.0314. The lowest BCUT2D eigenvalue weighted by Crippen LogP contribution is -2.23. The zero-order valence-corrected chi connectivity index (χ0v) is 11.6. The number of nitrogens with one attached hydrogen (secondary N) is 1. The molecule has 0 saturated heterocycles. The highest BCUT2D eigenvalue weighted by atomic mass is 32.2. The van der Waals surface area contributed by atoms with Crippen LogP contribution in [-0.4, -0.2) is 25.1 Å². The first kappa shape index (κ1) is 14.9. The maximum Gasteiger partial charge on any atom is 0.239 e. The van der Waals surface area contributed by atoms with Crippen molar-refractivity contribution in [1.82, 2.24) is 4.98 Å². The Morgan fingerprint density at radius 2 is 2.10 bits per heavy atom. The second-order valence-corrected chi connectivity index (χ2v) is 6.19. The number of rotatable bonds is 4. The van der Waals surface area contributed by atoms with Gasteiger partial charge in [0.2, 0.25) is 5.91 Å². The molecule has 0 atom stereocenters. The Labute approximate surface area is 120 Å². The Morgan fingerprint density at radius 3 is 2.76 bits per heavy atom. The highest BCUT2D eigenvalue weighted by Gasteiger charge is 2.21. The lowest BCUT2D eigenvalue weighted by atomic mass is 10.3. The molecule has 8 heteroatoms. The van der Waals surface area contributed by atoms with Crippen LogP contribution in [0.1, 0.15) is 0 Å². The number of pyridine rings is 1.